The van der Waals surface area contributed by atoms with Gasteiger partial charge in [-0.2, -0.15) is 5.26 Å². The Hall–Kier alpha value is -1.82. The van der Waals surface area contributed by atoms with Gasteiger partial charge in [-0.05, 0) is 31.5 Å². The Bertz CT molecular complexity index is 393. The Labute approximate surface area is 89.3 Å². The van der Waals surface area contributed by atoms with Crippen molar-refractivity contribution in [3.05, 3.63) is 35.4 Å². The fraction of sp³-hybridized carbons (Fsp3) is 0.333. The van der Waals surface area contributed by atoms with Crippen molar-refractivity contribution < 1.29 is 9.53 Å². The van der Waals surface area contributed by atoms with Crippen LogP contribution in [0.2, 0.25) is 0 Å². The average molecular weight is 203 g/mol. The van der Waals surface area contributed by atoms with Crippen molar-refractivity contribution in [1.29, 1.82) is 5.26 Å². The van der Waals surface area contributed by atoms with Gasteiger partial charge in [0, 0.05) is 0 Å². The highest BCUT2D eigenvalue weighted by atomic mass is 16.5. The Morgan fingerprint density at radius 1 is 1.60 bits per heavy atom. The molecule has 0 aliphatic carbocycles. The van der Waals surface area contributed by atoms with Gasteiger partial charge in [-0.3, -0.25) is 0 Å². The molecule has 0 saturated heterocycles. The lowest BCUT2D eigenvalue weighted by molar-refractivity contribution is 0.0526. The van der Waals surface area contributed by atoms with E-state index >= 15 is 0 Å². The summed E-state index contributed by atoms with van der Waals surface area (Å²) in [4.78, 5) is 11.4. The zero-order chi connectivity index (χ0) is 11.3. The molecule has 15 heavy (non-hydrogen) atoms. The Morgan fingerprint density at radius 2 is 2.33 bits per heavy atom. The Morgan fingerprint density at radius 3 is 2.93 bits per heavy atom. The quantitative estimate of drug-likeness (QED) is 0.709. The predicted octanol–water partition coefficient (Wildman–Crippen LogP) is 2.49. The molecule has 1 aromatic rings. The van der Waals surface area contributed by atoms with Gasteiger partial charge in [-0.15, -0.1) is 0 Å². The van der Waals surface area contributed by atoms with Crippen molar-refractivity contribution in [3.63, 3.8) is 0 Å². The van der Waals surface area contributed by atoms with E-state index in [0.29, 0.717) is 12.2 Å². The highest BCUT2D eigenvalue weighted by Gasteiger charge is 2.09. The molecule has 0 unspecified atom stereocenters. The van der Waals surface area contributed by atoms with Gasteiger partial charge in [0.1, 0.15) is 0 Å². The number of hydrogen-bond acceptors (Lipinski definition) is 3. The first-order valence-electron chi connectivity index (χ1n) is 4.85. The first-order chi connectivity index (χ1) is 7.19. The third-order valence-electron chi connectivity index (χ3n) is 2.09. The maximum Gasteiger partial charge on any atom is 0.338 e. The number of benzene rings is 1. The van der Waals surface area contributed by atoms with Gasteiger partial charge in [0.2, 0.25) is 0 Å². The van der Waals surface area contributed by atoms with Crippen molar-refractivity contribution in [3.8, 4) is 6.07 Å². The maximum atomic E-state index is 11.4. The zero-order valence-electron chi connectivity index (χ0n) is 8.86. The number of hydrogen-bond donors (Lipinski definition) is 0. The monoisotopic (exact) mass is 203 g/mol. The van der Waals surface area contributed by atoms with E-state index in [1.165, 1.54) is 0 Å². The van der Waals surface area contributed by atoms with Crippen LogP contribution in [0.1, 0.15) is 35.7 Å². The molecule has 78 valence electrons. The minimum absolute atomic E-state index is 0.209. The molecular weight excluding hydrogens is 190 g/mol. The van der Waals surface area contributed by atoms with Crippen LogP contribution in [-0.4, -0.2) is 12.6 Å². The van der Waals surface area contributed by atoms with Crippen LogP contribution in [0.5, 0.6) is 0 Å². The molecule has 0 aliphatic heterocycles. The lowest BCUT2D eigenvalue weighted by Gasteiger charge is -2.05. The fourth-order valence-electron chi connectivity index (χ4n) is 1.22. The lowest BCUT2D eigenvalue weighted by atomic mass is 10.0. The van der Waals surface area contributed by atoms with Crippen molar-refractivity contribution in [2.24, 2.45) is 0 Å². The molecule has 0 fully saturated rings. The zero-order valence-corrected chi connectivity index (χ0v) is 8.86. The fourth-order valence-corrected chi connectivity index (χ4v) is 1.22. The molecule has 0 aromatic heterocycles. The van der Waals surface area contributed by atoms with Gasteiger partial charge in [-0.25, -0.2) is 4.79 Å². The van der Waals surface area contributed by atoms with Gasteiger partial charge < -0.3 is 4.74 Å². The smallest absolute Gasteiger partial charge is 0.338 e. The third kappa shape index (κ3) is 2.81. The summed E-state index contributed by atoms with van der Waals surface area (Å²) in [5.41, 5.74) is 1.33. The SMILES string of the molecule is CCOC(=O)c1cccc([C@@H](C)C#N)c1. The summed E-state index contributed by atoms with van der Waals surface area (Å²) in [5, 5.41) is 8.75. The molecule has 1 rings (SSSR count). The number of ether oxygens (including phenoxy) is 1. The molecule has 1 atom stereocenters. The van der Waals surface area contributed by atoms with Gasteiger partial charge in [0.15, 0.2) is 0 Å². The molecule has 0 amide bonds. The van der Waals surface area contributed by atoms with Crippen LogP contribution in [0, 0.1) is 11.3 Å². The number of esters is 1. The van der Waals surface area contributed by atoms with E-state index in [9.17, 15) is 4.79 Å². The van der Waals surface area contributed by atoms with Crippen LogP contribution in [0.4, 0.5) is 0 Å². The number of nitriles is 1. The number of nitrogens with zero attached hydrogens (tertiary/aromatic N) is 1. The highest BCUT2D eigenvalue weighted by Crippen LogP contribution is 2.16. The molecule has 0 saturated carbocycles. The van der Waals surface area contributed by atoms with Crippen LogP contribution in [0.15, 0.2) is 24.3 Å². The molecule has 3 nitrogen and oxygen atoms in total. The first-order valence-corrected chi connectivity index (χ1v) is 4.85. The maximum absolute atomic E-state index is 11.4. The van der Waals surface area contributed by atoms with Crippen LogP contribution >= 0.6 is 0 Å². The summed E-state index contributed by atoms with van der Waals surface area (Å²) in [6, 6.07) is 9.10. The van der Waals surface area contributed by atoms with Gasteiger partial charge >= 0.3 is 5.97 Å². The van der Waals surface area contributed by atoms with Crippen molar-refractivity contribution in [2.45, 2.75) is 19.8 Å². The van der Waals surface area contributed by atoms with Crippen LogP contribution in [0.3, 0.4) is 0 Å². The Balaban J connectivity index is 2.93. The second kappa shape index (κ2) is 5.16. The average Bonchev–Trinajstić information content (AvgIpc) is 2.28. The van der Waals surface area contributed by atoms with E-state index < -0.39 is 0 Å². The predicted molar refractivity (Wildman–Crippen MR) is 56.4 cm³/mol. The molecule has 3 heteroatoms. The number of rotatable bonds is 3. The van der Waals surface area contributed by atoms with Gasteiger partial charge in [-0.1, -0.05) is 12.1 Å². The first kappa shape index (κ1) is 11.3. The van der Waals surface area contributed by atoms with Crippen LogP contribution < -0.4 is 0 Å². The molecule has 0 bridgehead atoms. The van der Waals surface area contributed by atoms with Gasteiger partial charge in [0.25, 0.3) is 0 Å². The van der Waals surface area contributed by atoms with E-state index in [2.05, 4.69) is 6.07 Å². The molecule has 0 N–H and O–H groups in total. The molecule has 0 heterocycles. The summed E-state index contributed by atoms with van der Waals surface area (Å²) in [6.45, 7) is 3.92. The molecule has 0 aliphatic rings. The van der Waals surface area contributed by atoms with Crippen molar-refractivity contribution >= 4 is 5.97 Å². The second-order valence-corrected chi connectivity index (χ2v) is 3.20. The molecule has 0 radical (unpaired) electrons. The van der Waals surface area contributed by atoms with Gasteiger partial charge in [0.05, 0.1) is 24.2 Å². The lowest BCUT2D eigenvalue weighted by Crippen LogP contribution is -2.05. The van der Waals surface area contributed by atoms with Crippen LogP contribution in [-0.2, 0) is 4.74 Å². The summed E-state index contributed by atoms with van der Waals surface area (Å²) in [5.74, 6) is -0.552. The summed E-state index contributed by atoms with van der Waals surface area (Å²) in [7, 11) is 0. The summed E-state index contributed by atoms with van der Waals surface area (Å²) in [6.07, 6.45) is 0. The minimum Gasteiger partial charge on any atom is -0.462 e. The van der Waals surface area contributed by atoms with Crippen molar-refractivity contribution in [2.75, 3.05) is 6.61 Å². The van der Waals surface area contributed by atoms with Crippen molar-refractivity contribution in [1.82, 2.24) is 0 Å². The van der Waals surface area contributed by atoms with E-state index in [4.69, 9.17) is 10.00 Å². The van der Waals surface area contributed by atoms with E-state index in [1.54, 1.807) is 32.0 Å². The Kier molecular flexibility index (Phi) is 3.87. The largest absolute Gasteiger partial charge is 0.462 e. The molecule has 1 aromatic carbocycles. The van der Waals surface area contributed by atoms with E-state index in [1.807, 2.05) is 6.07 Å². The topological polar surface area (TPSA) is 50.1 Å². The highest BCUT2D eigenvalue weighted by molar-refractivity contribution is 5.89. The summed E-state index contributed by atoms with van der Waals surface area (Å²) >= 11 is 0. The standard InChI is InChI=1S/C12H13NO2/c1-3-15-12(14)11-6-4-5-10(7-11)9(2)8-13/h4-7,9H,3H2,1-2H3/t9-/m0/s1. The minimum atomic E-state index is -0.343. The molecular formula is C12H13NO2. The van der Waals surface area contributed by atoms with E-state index in [-0.39, 0.29) is 11.9 Å². The third-order valence-corrected chi connectivity index (χ3v) is 2.09. The second-order valence-electron chi connectivity index (χ2n) is 3.20. The number of carbonyl (C=O) groups excluding carboxylic acids is 1. The van der Waals surface area contributed by atoms with E-state index in [0.717, 1.165) is 5.56 Å². The molecule has 0 spiro atoms. The normalized spacial score (nSPS) is 11.5. The number of carbonyl (C=O) groups is 1. The summed E-state index contributed by atoms with van der Waals surface area (Å²) < 4.78 is 4.87. The van der Waals surface area contributed by atoms with Crippen LogP contribution in [0.25, 0.3) is 0 Å².